The highest BCUT2D eigenvalue weighted by Gasteiger charge is 2.04. The number of hydrogen-bond donors (Lipinski definition) is 1. The average Bonchev–Trinajstić information content (AvgIpc) is 2.28. The van der Waals surface area contributed by atoms with E-state index in [1.54, 1.807) is 6.92 Å². The van der Waals surface area contributed by atoms with Crippen LogP contribution in [0.15, 0.2) is 18.2 Å². The van der Waals surface area contributed by atoms with Gasteiger partial charge in [-0.1, -0.05) is 6.07 Å². The van der Waals surface area contributed by atoms with Crippen molar-refractivity contribution in [2.75, 3.05) is 20.2 Å². The third-order valence-corrected chi connectivity index (χ3v) is 1.68. The van der Waals surface area contributed by atoms with Crippen molar-refractivity contribution in [1.82, 2.24) is 0 Å². The second-order valence-electron chi connectivity index (χ2n) is 2.57. The number of halogens is 1. The van der Waals surface area contributed by atoms with Crippen molar-refractivity contribution in [3.63, 3.8) is 0 Å². The van der Waals surface area contributed by atoms with Gasteiger partial charge in [0.15, 0.2) is 11.5 Å². The van der Waals surface area contributed by atoms with Gasteiger partial charge in [-0.15, -0.1) is 12.4 Å². The number of aryl methyl sites for hydroxylation is 1. The Morgan fingerprint density at radius 3 is 2.67 bits per heavy atom. The number of benzene rings is 1. The van der Waals surface area contributed by atoms with Gasteiger partial charge in [-0.25, -0.2) is 0 Å². The Bertz CT molecular complexity index is 424. The maximum Gasteiger partial charge on any atom is 0.161 e. The minimum atomic E-state index is -2.48. The zero-order valence-corrected chi connectivity index (χ0v) is 9.56. The lowest BCUT2D eigenvalue weighted by molar-refractivity contribution is 0.310. The van der Waals surface area contributed by atoms with Crippen molar-refractivity contribution in [1.29, 1.82) is 0 Å². The van der Waals surface area contributed by atoms with E-state index in [2.05, 4.69) is 0 Å². The molecule has 0 fully saturated rings. The van der Waals surface area contributed by atoms with Crippen LogP contribution in [0.1, 0.15) is 18.0 Å². The van der Waals surface area contributed by atoms with Crippen LogP contribution in [0.4, 0.5) is 0 Å². The largest absolute Gasteiger partial charge is 0.493 e. The minimum Gasteiger partial charge on any atom is -0.493 e. The monoisotopic (exact) mass is 235 g/mol. The van der Waals surface area contributed by atoms with Crippen LogP contribution >= 0.6 is 12.4 Å². The van der Waals surface area contributed by atoms with Crippen LogP contribution in [0.25, 0.3) is 0 Å². The highest BCUT2D eigenvalue weighted by atomic mass is 35.5. The van der Waals surface area contributed by atoms with Crippen LogP contribution in [0.2, 0.25) is 0 Å². The molecule has 0 bridgehead atoms. The van der Waals surface area contributed by atoms with Crippen molar-refractivity contribution in [2.45, 2.75) is 13.3 Å². The quantitative estimate of drug-likeness (QED) is 0.849. The lowest BCUT2D eigenvalue weighted by Crippen LogP contribution is -2.03. The molecule has 0 heterocycles. The molecule has 0 aromatic heterocycles. The van der Waals surface area contributed by atoms with E-state index in [-0.39, 0.29) is 18.0 Å². The molecule has 86 valence electrons. The molecule has 0 saturated carbocycles. The topological polar surface area (TPSA) is 44.5 Å². The average molecular weight is 236 g/mol. The molecule has 0 amide bonds. The summed E-state index contributed by atoms with van der Waals surface area (Å²) in [5.41, 5.74) is 5.34. The van der Waals surface area contributed by atoms with Crippen molar-refractivity contribution in [3.05, 3.63) is 23.8 Å². The fourth-order valence-corrected chi connectivity index (χ4v) is 1.11. The van der Waals surface area contributed by atoms with Crippen LogP contribution in [-0.4, -0.2) is 20.2 Å². The van der Waals surface area contributed by atoms with Crippen LogP contribution in [0.3, 0.4) is 0 Å². The molecule has 0 radical (unpaired) electrons. The van der Waals surface area contributed by atoms with E-state index in [0.29, 0.717) is 18.1 Å². The number of hydrogen-bond acceptors (Lipinski definition) is 3. The highest BCUT2D eigenvalue weighted by molar-refractivity contribution is 5.85. The fourth-order valence-electron chi connectivity index (χ4n) is 1.11. The molecule has 1 aromatic carbocycles. The number of rotatable bonds is 5. The van der Waals surface area contributed by atoms with Gasteiger partial charge >= 0.3 is 0 Å². The summed E-state index contributed by atoms with van der Waals surface area (Å²) in [5.74, 6) is 0.833. The fraction of sp³-hybridized carbons (Fsp3) is 0.455. The van der Waals surface area contributed by atoms with Gasteiger partial charge < -0.3 is 15.2 Å². The summed E-state index contributed by atoms with van der Waals surface area (Å²) in [4.78, 5) is 0. The van der Waals surface area contributed by atoms with Gasteiger partial charge in [0.25, 0.3) is 0 Å². The molecule has 0 unspecified atom stereocenters. The lowest BCUT2D eigenvalue weighted by atomic mass is 10.1. The molecule has 1 rings (SSSR count). The van der Waals surface area contributed by atoms with E-state index in [1.165, 1.54) is 25.3 Å². The predicted molar refractivity (Wildman–Crippen MR) is 64.2 cm³/mol. The molecule has 0 aliphatic rings. The maximum atomic E-state index is 7.75. The zero-order chi connectivity index (χ0) is 14.0. The van der Waals surface area contributed by atoms with E-state index in [0.717, 1.165) is 0 Å². The second-order valence-corrected chi connectivity index (χ2v) is 2.57. The van der Waals surface area contributed by atoms with Gasteiger partial charge in [-0.3, -0.25) is 0 Å². The molecular formula is C11H18ClNO2. The molecule has 4 heteroatoms. The van der Waals surface area contributed by atoms with Gasteiger partial charge in [0, 0.05) is 5.48 Å². The number of nitrogens with two attached hydrogens (primary N) is 1. The first-order valence-electron chi connectivity index (χ1n) is 6.34. The summed E-state index contributed by atoms with van der Waals surface area (Å²) >= 11 is 0. The molecule has 2 N–H and O–H groups in total. The van der Waals surface area contributed by atoms with E-state index in [9.17, 15) is 0 Å². The Morgan fingerprint density at radius 2 is 2.13 bits per heavy atom. The smallest absolute Gasteiger partial charge is 0.161 e. The van der Waals surface area contributed by atoms with E-state index in [1.807, 2.05) is 0 Å². The molecule has 15 heavy (non-hydrogen) atoms. The maximum absolute atomic E-state index is 7.75. The molecule has 0 aliphatic heterocycles. The van der Waals surface area contributed by atoms with Gasteiger partial charge in [0.1, 0.15) is 0 Å². The highest BCUT2D eigenvalue weighted by Crippen LogP contribution is 2.27. The first kappa shape index (κ1) is 8.25. The lowest BCUT2D eigenvalue weighted by Gasteiger charge is -2.10. The SMILES string of the molecule is Cl.[2H]C([2H])(N)C([2H])([2H])c1ccc(OC)c(OCC)c1. The first-order chi connectivity index (χ1) is 8.24. The van der Waals surface area contributed by atoms with E-state index in [4.69, 9.17) is 20.7 Å². The Balaban J connectivity index is 0.00000324. The van der Waals surface area contributed by atoms with Crippen LogP contribution in [0, 0.1) is 0 Å². The Labute approximate surface area is 103 Å². The van der Waals surface area contributed by atoms with Gasteiger partial charge in [0.2, 0.25) is 0 Å². The normalized spacial score (nSPS) is 15.1. The molecular weight excluding hydrogens is 214 g/mol. The Kier molecular flexibility index (Phi) is 4.05. The summed E-state index contributed by atoms with van der Waals surface area (Å²) in [7, 11) is 1.48. The molecule has 3 nitrogen and oxygen atoms in total. The van der Waals surface area contributed by atoms with Crippen LogP contribution in [0.5, 0.6) is 11.5 Å². The second kappa shape index (κ2) is 7.37. The van der Waals surface area contributed by atoms with Crippen LogP contribution in [-0.2, 0) is 6.37 Å². The standard InChI is InChI=1S/C11H17NO2.ClH/c1-3-14-11-8-9(6-7-12)4-5-10(11)13-2;/h4-5,8H,3,6-7,12H2,1-2H3;1H/i6D2,7D2;. The van der Waals surface area contributed by atoms with Gasteiger partial charge in [0.05, 0.1) is 13.7 Å². The van der Waals surface area contributed by atoms with Gasteiger partial charge in [-0.2, -0.15) is 0 Å². The molecule has 0 saturated heterocycles. The van der Waals surface area contributed by atoms with Crippen molar-refractivity contribution in [3.8, 4) is 11.5 Å². The summed E-state index contributed by atoms with van der Waals surface area (Å²) in [6.07, 6.45) is -2.31. The first-order valence-corrected chi connectivity index (χ1v) is 4.34. The Morgan fingerprint density at radius 1 is 1.40 bits per heavy atom. The zero-order valence-electron chi connectivity index (χ0n) is 12.7. The van der Waals surface area contributed by atoms with E-state index < -0.39 is 12.9 Å². The number of ether oxygens (including phenoxy) is 2. The van der Waals surface area contributed by atoms with Crippen LogP contribution < -0.4 is 15.2 Å². The van der Waals surface area contributed by atoms with Crippen molar-refractivity contribution in [2.24, 2.45) is 5.73 Å². The number of methoxy groups -OCH3 is 1. The molecule has 0 atom stereocenters. The summed E-state index contributed by atoms with van der Waals surface area (Å²) in [6.45, 7) is -0.285. The summed E-state index contributed by atoms with van der Waals surface area (Å²) < 4.78 is 40.6. The Hall–Kier alpha value is -0.930. The molecule has 0 aliphatic carbocycles. The molecule has 0 spiro atoms. The predicted octanol–water partition coefficient (Wildman–Crippen LogP) is 2.02. The minimum absolute atomic E-state index is 0. The third-order valence-electron chi connectivity index (χ3n) is 1.68. The van der Waals surface area contributed by atoms with Crippen molar-refractivity contribution >= 4 is 12.4 Å². The van der Waals surface area contributed by atoms with Gasteiger partial charge in [-0.05, 0) is 37.5 Å². The summed E-state index contributed by atoms with van der Waals surface area (Å²) in [6, 6.07) is 4.38. The van der Waals surface area contributed by atoms with E-state index >= 15 is 0 Å². The molecule has 1 aromatic rings. The van der Waals surface area contributed by atoms with Crippen molar-refractivity contribution < 1.29 is 15.0 Å². The summed E-state index contributed by atoms with van der Waals surface area (Å²) in [5, 5.41) is 0. The third kappa shape index (κ3) is 3.98.